The van der Waals surface area contributed by atoms with Crippen LogP contribution in [0.4, 0.5) is 5.69 Å². The van der Waals surface area contributed by atoms with Crippen molar-refractivity contribution in [3.8, 4) is 5.75 Å². The van der Waals surface area contributed by atoms with Gasteiger partial charge in [0, 0.05) is 4.90 Å². The summed E-state index contributed by atoms with van der Waals surface area (Å²) in [7, 11) is 0. The van der Waals surface area contributed by atoms with Crippen LogP contribution >= 0.6 is 43.6 Å². The average molecular weight is 467 g/mol. The third kappa shape index (κ3) is 3.77. The molecule has 122 valence electrons. The van der Waals surface area contributed by atoms with E-state index in [-0.39, 0.29) is 5.91 Å². The van der Waals surface area contributed by atoms with Crippen molar-refractivity contribution in [3.05, 3.63) is 68.5 Å². The lowest BCUT2D eigenvalue weighted by molar-refractivity contribution is -0.112. The van der Waals surface area contributed by atoms with E-state index in [2.05, 4.69) is 43.8 Å². The van der Waals surface area contributed by atoms with Gasteiger partial charge in [-0.2, -0.15) is 0 Å². The van der Waals surface area contributed by atoms with Crippen molar-refractivity contribution in [2.45, 2.75) is 4.90 Å². The number of para-hydroxylation sites is 1. The summed E-state index contributed by atoms with van der Waals surface area (Å²) >= 11 is 8.48. The Labute approximate surface area is 161 Å². The molecule has 0 aromatic heterocycles. The first-order valence-electron chi connectivity index (χ1n) is 7.11. The first kappa shape index (κ1) is 17.3. The minimum Gasteiger partial charge on any atom is -0.487 e. The number of halogens is 2. The number of amides is 1. The number of ether oxygens (including phenoxy) is 1. The maximum atomic E-state index is 12.3. The van der Waals surface area contributed by atoms with Gasteiger partial charge in [0.25, 0.3) is 5.91 Å². The second-order valence-electron chi connectivity index (χ2n) is 4.97. The van der Waals surface area contributed by atoms with Gasteiger partial charge in [-0.25, -0.2) is 0 Å². The van der Waals surface area contributed by atoms with E-state index in [4.69, 9.17) is 4.74 Å². The Morgan fingerprint density at radius 1 is 1.21 bits per heavy atom. The SMILES string of the molecule is C=CCOc1c(Br)cc(/C=C2\Sc3ccccc3NC2=O)cc1Br. The zero-order valence-electron chi connectivity index (χ0n) is 12.5. The van der Waals surface area contributed by atoms with Crippen molar-refractivity contribution in [2.24, 2.45) is 0 Å². The molecule has 0 fully saturated rings. The number of nitrogens with one attached hydrogen (secondary N) is 1. The molecule has 6 heteroatoms. The van der Waals surface area contributed by atoms with Crippen molar-refractivity contribution in [1.82, 2.24) is 0 Å². The highest BCUT2D eigenvalue weighted by Crippen LogP contribution is 2.40. The van der Waals surface area contributed by atoms with Gasteiger partial charge >= 0.3 is 0 Å². The van der Waals surface area contributed by atoms with Gasteiger partial charge in [0.1, 0.15) is 12.4 Å². The van der Waals surface area contributed by atoms with Crippen LogP contribution in [0.2, 0.25) is 0 Å². The summed E-state index contributed by atoms with van der Waals surface area (Å²) in [4.78, 5) is 14.0. The summed E-state index contributed by atoms with van der Waals surface area (Å²) in [5.74, 6) is 0.612. The minimum atomic E-state index is -0.0991. The number of benzene rings is 2. The molecule has 0 aliphatic carbocycles. The topological polar surface area (TPSA) is 38.3 Å². The molecule has 1 heterocycles. The molecule has 2 aromatic carbocycles. The molecule has 1 aliphatic heterocycles. The van der Waals surface area contributed by atoms with Gasteiger partial charge in [-0.1, -0.05) is 36.5 Å². The standard InChI is InChI=1S/C18H13Br2NO2S/c1-2-7-23-17-12(19)8-11(9-13(17)20)10-16-18(22)21-14-5-3-4-6-15(14)24-16/h2-6,8-10H,1,7H2,(H,21,22)/b16-10-. The highest BCUT2D eigenvalue weighted by atomic mass is 79.9. The van der Waals surface area contributed by atoms with Crippen LogP contribution in [0.25, 0.3) is 6.08 Å². The molecule has 0 atom stereocenters. The number of carbonyl (C=O) groups excluding carboxylic acids is 1. The lowest BCUT2D eigenvalue weighted by atomic mass is 10.2. The van der Waals surface area contributed by atoms with Crippen LogP contribution in [-0.4, -0.2) is 12.5 Å². The van der Waals surface area contributed by atoms with E-state index in [0.717, 1.165) is 25.1 Å². The zero-order chi connectivity index (χ0) is 17.1. The number of rotatable bonds is 4. The van der Waals surface area contributed by atoms with Crippen molar-refractivity contribution in [3.63, 3.8) is 0 Å². The summed E-state index contributed by atoms with van der Waals surface area (Å²) in [5, 5.41) is 2.91. The highest BCUT2D eigenvalue weighted by molar-refractivity contribution is 9.11. The maximum absolute atomic E-state index is 12.3. The molecular weight excluding hydrogens is 454 g/mol. The Kier molecular flexibility index (Phi) is 5.48. The van der Waals surface area contributed by atoms with Crippen molar-refractivity contribution in [2.75, 3.05) is 11.9 Å². The van der Waals surface area contributed by atoms with Crippen LogP contribution in [0.5, 0.6) is 5.75 Å². The Morgan fingerprint density at radius 2 is 1.92 bits per heavy atom. The molecule has 0 spiro atoms. The molecule has 1 N–H and O–H groups in total. The number of hydrogen-bond donors (Lipinski definition) is 1. The second-order valence-corrected chi connectivity index (χ2v) is 7.77. The second kappa shape index (κ2) is 7.59. The smallest absolute Gasteiger partial charge is 0.262 e. The maximum Gasteiger partial charge on any atom is 0.262 e. The predicted octanol–water partition coefficient (Wildman–Crippen LogP) is 5.86. The van der Waals surface area contributed by atoms with Crippen LogP contribution in [0.3, 0.4) is 0 Å². The quantitative estimate of drug-likeness (QED) is 0.452. The van der Waals surface area contributed by atoms with Gasteiger partial charge in [0.15, 0.2) is 0 Å². The molecule has 3 nitrogen and oxygen atoms in total. The normalized spacial score (nSPS) is 14.9. The lowest BCUT2D eigenvalue weighted by Gasteiger charge is -2.18. The molecule has 0 saturated carbocycles. The number of hydrogen-bond acceptors (Lipinski definition) is 3. The molecule has 1 aliphatic rings. The van der Waals surface area contributed by atoms with Gasteiger partial charge < -0.3 is 10.1 Å². The summed E-state index contributed by atoms with van der Waals surface area (Å²) in [6.07, 6.45) is 3.55. The average Bonchev–Trinajstić information content (AvgIpc) is 2.55. The van der Waals surface area contributed by atoms with E-state index in [9.17, 15) is 4.79 Å². The van der Waals surface area contributed by atoms with Gasteiger partial charge in [-0.05, 0) is 67.8 Å². The Bertz CT molecular complexity index is 826. The van der Waals surface area contributed by atoms with Crippen molar-refractivity contribution >= 4 is 61.3 Å². The Balaban J connectivity index is 1.91. The molecule has 0 unspecified atom stereocenters. The van der Waals surface area contributed by atoms with Gasteiger partial charge in [0.2, 0.25) is 0 Å². The zero-order valence-corrected chi connectivity index (χ0v) is 16.5. The third-order valence-corrected chi connectivity index (χ3v) is 5.52. The van der Waals surface area contributed by atoms with Crippen molar-refractivity contribution in [1.29, 1.82) is 0 Å². The fourth-order valence-corrected chi connectivity index (χ4v) is 4.60. The van der Waals surface area contributed by atoms with Crippen LogP contribution in [0.15, 0.2) is 67.8 Å². The molecule has 0 saturated heterocycles. The summed E-state index contributed by atoms with van der Waals surface area (Å²) in [5.41, 5.74) is 1.75. The van der Waals surface area contributed by atoms with E-state index in [0.29, 0.717) is 17.3 Å². The minimum absolute atomic E-state index is 0.0991. The Morgan fingerprint density at radius 3 is 2.62 bits per heavy atom. The lowest BCUT2D eigenvalue weighted by Crippen LogP contribution is -2.17. The van der Waals surface area contributed by atoms with Crippen LogP contribution in [-0.2, 0) is 4.79 Å². The van der Waals surface area contributed by atoms with E-state index in [1.165, 1.54) is 11.8 Å². The van der Waals surface area contributed by atoms with E-state index < -0.39 is 0 Å². The summed E-state index contributed by atoms with van der Waals surface area (Å²) in [6, 6.07) is 11.6. The van der Waals surface area contributed by atoms with Crippen LogP contribution in [0, 0.1) is 0 Å². The number of anilines is 1. The van der Waals surface area contributed by atoms with E-state index >= 15 is 0 Å². The van der Waals surface area contributed by atoms with Crippen LogP contribution in [0.1, 0.15) is 5.56 Å². The highest BCUT2D eigenvalue weighted by Gasteiger charge is 2.20. The first-order valence-corrected chi connectivity index (χ1v) is 9.51. The van der Waals surface area contributed by atoms with Crippen LogP contribution < -0.4 is 10.1 Å². The van der Waals surface area contributed by atoms with Gasteiger partial charge in [-0.3, -0.25) is 4.79 Å². The van der Waals surface area contributed by atoms with Gasteiger partial charge in [0.05, 0.1) is 19.5 Å². The fraction of sp³-hybridized carbons (Fsp3) is 0.0556. The molecule has 1 amide bonds. The molecule has 2 aromatic rings. The van der Waals surface area contributed by atoms with Crippen molar-refractivity contribution < 1.29 is 9.53 Å². The van der Waals surface area contributed by atoms with Gasteiger partial charge in [-0.15, -0.1) is 0 Å². The van der Waals surface area contributed by atoms with E-state index in [1.54, 1.807) is 6.08 Å². The molecular formula is C18H13Br2NO2S. The summed E-state index contributed by atoms with van der Waals surface area (Å²) in [6.45, 7) is 4.07. The fourth-order valence-electron chi connectivity index (χ4n) is 2.20. The monoisotopic (exact) mass is 465 g/mol. The van der Waals surface area contributed by atoms with E-state index in [1.807, 2.05) is 42.5 Å². The largest absolute Gasteiger partial charge is 0.487 e. The number of carbonyl (C=O) groups is 1. The molecule has 3 rings (SSSR count). The Hall–Kier alpha value is -1.50. The summed E-state index contributed by atoms with van der Waals surface area (Å²) < 4.78 is 7.24. The molecule has 24 heavy (non-hydrogen) atoms. The number of thioether (sulfide) groups is 1. The number of fused-ring (bicyclic) bond motifs is 1. The molecule has 0 radical (unpaired) electrons. The first-order chi connectivity index (χ1) is 11.6. The predicted molar refractivity (Wildman–Crippen MR) is 106 cm³/mol. The third-order valence-electron chi connectivity index (χ3n) is 3.24. The molecule has 0 bridgehead atoms.